The van der Waals surface area contributed by atoms with E-state index in [1.807, 2.05) is 40.7 Å². The molecule has 5 heteroatoms. The minimum Gasteiger partial charge on any atom is -0.474 e. The van der Waals surface area contributed by atoms with E-state index in [2.05, 4.69) is 11.9 Å². The van der Waals surface area contributed by atoms with Crippen molar-refractivity contribution >= 4 is 17.7 Å². The van der Waals surface area contributed by atoms with Gasteiger partial charge in [0.1, 0.15) is 18.1 Å². The van der Waals surface area contributed by atoms with Gasteiger partial charge in [-0.15, -0.1) is 0 Å². The highest BCUT2D eigenvalue weighted by Gasteiger charge is 2.21. The Morgan fingerprint density at radius 2 is 2.27 bits per heavy atom. The van der Waals surface area contributed by atoms with Gasteiger partial charge in [-0.3, -0.25) is 0 Å². The van der Waals surface area contributed by atoms with Crippen LogP contribution in [-0.4, -0.2) is 34.6 Å². The average Bonchev–Trinajstić information content (AvgIpc) is 3.14. The molecule has 3 rings (SSSR count). The van der Waals surface area contributed by atoms with Gasteiger partial charge in [-0.1, -0.05) is 19.1 Å². The summed E-state index contributed by atoms with van der Waals surface area (Å²) in [4.78, 5) is 4.67. The number of benzene rings is 1. The normalized spacial score (nSPS) is 17.4. The van der Waals surface area contributed by atoms with Crippen molar-refractivity contribution in [3.05, 3.63) is 59.7 Å². The monoisotopic (exact) mass is 318 g/mol. The Morgan fingerprint density at radius 3 is 3.09 bits per heavy atom. The van der Waals surface area contributed by atoms with Crippen LogP contribution in [0.3, 0.4) is 0 Å². The third-order valence-electron chi connectivity index (χ3n) is 3.52. The summed E-state index contributed by atoms with van der Waals surface area (Å²) in [5, 5.41) is 0. The van der Waals surface area contributed by atoms with Crippen LogP contribution in [0.15, 0.2) is 47.6 Å². The fraction of sp³-hybridized carbons (Fsp3) is 0.353. The van der Waals surface area contributed by atoms with Gasteiger partial charge in [0.05, 0.1) is 6.04 Å². The summed E-state index contributed by atoms with van der Waals surface area (Å²) in [5.74, 6) is 2.57. The van der Waals surface area contributed by atoms with Gasteiger partial charge in [0.15, 0.2) is 0 Å². The number of hydrogen-bond donors (Lipinski definition) is 0. The van der Waals surface area contributed by atoms with Crippen molar-refractivity contribution in [1.29, 1.82) is 0 Å². The number of aromatic nitrogens is 1. The van der Waals surface area contributed by atoms with Crippen molar-refractivity contribution in [3.63, 3.8) is 0 Å². The van der Waals surface area contributed by atoms with Crippen molar-refractivity contribution in [2.75, 3.05) is 18.1 Å². The molecule has 0 bridgehead atoms. The lowest BCUT2D eigenvalue weighted by atomic mass is 10.2. The van der Waals surface area contributed by atoms with Crippen LogP contribution in [0.4, 0.5) is 4.39 Å². The number of hydrogen-bond acceptors (Lipinski definition) is 3. The summed E-state index contributed by atoms with van der Waals surface area (Å²) >= 11 is 1.88. The van der Waals surface area contributed by atoms with Crippen LogP contribution in [-0.2, 0) is 11.3 Å². The van der Waals surface area contributed by atoms with Crippen LogP contribution in [0.25, 0.3) is 0 Å². The Bertz CT molecular complexity index is 668. The maximum absolute atomic E-state index is 13.3. The van der Waals surface area contributed by atoms with Gasteiger partial charge in [0, 0.05) is 18.5 Å². The Hall–Kier alpha value is -1.75. The molecular weight excluding hydrogens is 299 g/mol. The zero-order valence-corrected chi connectivity index (χ0v) is 13.4. The Kier molecular flexibility index (Phi) is 4.83. The molecule has 0 amide bonds. The first-order chi connectivity index (χ1) is 10.8. The van der Waals surface area contributed by atoms with Crippen molar-refractivity contribution < 1.29 is 9.13 Å². The highest BCUT2D eigenvalue weighted by atomic mass is 32.2. The van der Waals surface area contributed by atoms with Gasteiger partial charge in [-0.2, -0.15) is 11.8 Å². The standard InChI is InChI=1S/C17H19FN2OS/c1-2-22-12-15-11-21-17(19-15)16-7-4-8-20(16)10-13-5-3-6-14(18)9-13/h3-9,15H,2,10-12H2,1H3/t15-/m0/s1. The topological polar surface area (TPSA) is 26.5 Å². The maximum atomic E-state index is 13.3. The van der Waals surface area contributed by atoms with E-state index >= 15 is 0 Å². The lowest BCUT2D eigenvalue weighted by molar-refractivity contribution is 0.323. The molecule has 1 aromatic carbocycles. The van der Waals surface area contributed by atoms with Gasteiger partial charge in [-0.05, 0) is 35.6 Å². The first-order valence-electron chi connectivity index (χ1n) is 7.44. The Morgan fingerprint density at radius 1 is 1.36 bits per heavy atom. The quantitative estimate of drug-likeness (QED) is 0.814. The van der Waals surface area contributed by atoms with Gasteiger partial charge >= 0.3 is 0 Å². The molecular formula is C17H19FN2OS. The first-order valence-corrected chi connectivity index (χ1v) is 8.60. The molecule has 0 unspecified atom stereocenters. The molecule has 0 N–H and O–H groups in total. The number of thioether (sulfide) groups is 1. The maximum Gasteiger partial charge on any atom is 0.233 e. The van der Waals surface area contributed by atoms with Crippen LogP contribution < -0.4 is 0 Å². The predicted molar refractivity (Wildman–Crippen MR) is 89.2 cm³/mol. The van der Waals surface area contributed by atoms with Crippen molar-refractivity contribution in [2.45, 2.75) is 19.5 Å². The van der Waals surface area contributed by atoms with Crippen LogP contribution >= 0.6 is 11.8 Å². The second-order valence-corrected chi connectivity index (χ2v) is 6.53. The first kappa shape index (κ1) is 15.2. The molecule has 3 nitrogen and oxygen atoms in total. The van der Waals surface area contributed by atoms with E-state index in [0.29, 0.717) is 19.0 Å². The number of ether oxygens (including phenoxy) is 1. The van der Waals surface area contributed by atoms with Crippen molar-refractivity contribution in [1.82, 2.24) is 4.57 Å². The van der Waals surface area contributed by atoms with Crippen LogP contribution in [0, 0.1) is 5.82 Å². The van der Waals surface area contributed by atoms with Crippen LogP contribution in [0.5, 0.6) is 0 Å². The molecule has 0 fully saturated rings. The summed E-state index contributed by atoms with van der Waals surface area (Å²) in [7, 11) is 0. The van der Waals surface area contributed by atoms with E-state index in [1.165, 1.54) is 6.07 Å². The fourth-order valence-electron chi connectivity index (χ4n) is 2.47. The van der Waals surface area contributed by atoms with Crippen LogP contribution in [0.1, 0.15) is 18.2 Å². The van der Waals surface area contributed by atoms with Gasteiger partial charge in [0.25, 0.3) is 0 Å². The molecule has 1 aliphatic rings. The fourth-order valence-corrected chi connectivity index (χ4v) is 3.15. The van der Waals surface area contributed by atoms with E-state index in [-0.39, 0.29) is 11.9 Å². The predicted octanol–water partition coefficient (Wildman–Crippen LogP) is 3.57. The molecule has 2 aromatic rings. The second kappa shape index (κ2) is 7.01. The Labute approximate surface area is 134 Å². The van der Waals surface area contributed by atoms with E-state index in [9.17, 15) is 4.39 Å². The number of rotatable bonds is 6. The molecule has 0 spiro atoms. The summed E-state index contributed by atoms with van der Waals surface area (Å²) < 4.78 is 21.1. The van der Waals surface area contributed by atoms with Gasteiger partial charge in [0.2, 0.25) is 5.90 Å². The average molecular weight is 318 g/mol. The molecule has 0 saturated carbocycles. The zero-order valence-electron chi connectivity index (χ0n) is 12.5. The molecule has 1 aliphatic heterocycles. The molecule has 1 atom stereocenters. The summed E-state index contributed by atoms with van der Waals surface area (Å²) in [6.07, 6.45) is 1.97. The number of aliphatic imine (C=N–C) groups is 1. The van der Waals surface area contributed by atoms with Crippen molar-refractivity contribution in [2.24, 2.45) is 4.99 Å². The Balaban J connectivity index is 1.75. The summed E-state index contributed by atoms with van der Waals surface area (Å²) in [5.41, 5.74) is 1.88. The smallest absolute Gasteiger partial charge is 0.233 e. The lowest BCUT2D eigenvalue weighted by Gasteiger charge is -2.09. The van der Waals surface area contributed by atoms with Crippen LogP contribution in [0.2, 0.25) is 0 Å². The molecule has 22 heavy (non-hydrogen) atoms. The highest BCUT2D eigenvalue weighted by Crippen LogP contribution is 2.17. The molecule has 116 valence electrons. The van der Waals surface area contributed by atoms with Gasteiger partial charge in [-0.25, -0.2) is 9.38 Å². The molecule has 2 heterocycles. The zero-order chi connectivity index (χ0) is 15.4. The lowest BCUT2D eigenvalue weighted by Crippen LogP contribution is -2.11. The minimum absolute atomic E-state index is 0.211. The molecule has 0 radical (unpaired) electrons. The number of nitrogens with zero attached hydrogens (tertiary/aromatic N) is 2. The number of halogens is 1. The highest BCUT2D eigenvalue weighted by molar-refractivity contribution is 7.99. The van der Waals surface area contributed by atoms with E-state index in [1.54, 1.807) is 12.1 Å². The van der Waals surface area contributed by atoms with E-state index < -0.39 is 0 Å². The summed E-state index contributed by atoms with van der Waals surface area (Å²) in [6, 6.07) is 10.9. The van der Waals surface area contributed by atoms with Gasteiger partial charge < -0.3 is 9.30 Å². The molecule has 1 aromatic heterocycles. The second-order valence-electron chi connectivity index (χ2n) is 5.21. The SMILES string of the molecule is CCSC[C@@H]1COC(c2cccn2Cc2cccc(F)c2)=N1. The van der Waals surface area contributed by atoms with E-state index in [0.717, 1.165) is 22.8 Å². The molecule has 0 aliphatic carbocycles. The summed E-state index contributed by atoms with van der Waals surface area (Å²) in [6.45, 7) is 3.40. The largest absolute Gasteiger partial charge is 0.474 e. The third kappa shape index (κ3) is 3.53. The van der Waals surface area contributed by atoms with E-state index in [4.69, 9.17) is 4.74 Å². The minimum atomic E-state index is -0.211. The third-order valence-corrected chi connectivity index (χ3v) is 4.55. The molecule has 0 saturated heterocycles. The van der Waals surface area contributed by atoms with Crippen molar-refractivity contribution in [3.8, 4) is 0 Å².